The van der Waals surface area contributed by atoms with Gasteiger partial charge in [-0.05, 0) is 25.0 Å². The Labute approximate surface area is 125 Å². The van der Waals surface area contributed by atoms with Crippen molar-refractivity contribution in [2.24, 2.45) is 0 Å². The maximum atomic E-state index is 13.7. The van der Waals surface area contributed by atoms with E-state index < -0.39 is 20.7 Å². The SMILES string of the molecule is CCCNC(=O)CN(CCC)S(=O)(=O)c1ccccc1F. The first-order valence-electron chi connectivity index (χ1n) is 6.94. The number of carbonyl (C=O) groups excluding carboxylic acids is 1. The molecule has 5 nitrogen and oxygen atoms in total. The number of sulfonamides is 1. The van der Waals surface area contributed by atoms with Gasteiger partial charge in [0.1, 0.15) is 10.7 Å². The number of nitrogens with zero attached hydrogens (tertiary/aromatic N) is 1. The molecule has 0 radical (unpaired) electrons. The molecule has 0 unspecified atom stereocenters. The van der Waals surface area contributed by atoms with E-state index >= 15 is 0 Å². The normalized spacial score (nSPS) is 11.6. The van der Waals surface area contributed by atoms with Crippen LogP contribution in [-0.2, 0) is 14.8 Å². The Balaban J connectivity index is 2.98. The van der Waals surface area contributed by atoms with Gasteiger partial charge in [-0.2, -0.15) is 4.31 Å². The molecule has 118 valence electrons. The van der Waals surface area contributed by atoms with E-state index in [0.29, 0.717) is 13.0 Å². The van der Waals surface area contributed by atoms with Gasteiger partial charge in [0.05, 0.1) is 6.54 Å². The van der Waals surface area contributed by atoms with Gasteiger partial charge in [-0.15, -0.1) is 0 Å². The summed E-state index contributed by atoms with van der Waals surface area (Å²) >= 11 is 0. The van der Waals surface area contributed by atoms with Gasteiger partial charge in [0, 0.05) is 13.1 Å². The van der Waals surface area contributed by atoms with Crippen LogP contribution in [0, 0.1) is 5.82 Å². The number of nitrogens with one attached hydrogen (secondary N) is 1. The predicted octanol–water partition coefficient (Wildman–Crippen LogP) is 1.75. The molecule has 1 rings (SSSR count). The number of rotatable bonds is 8. The monoisotopic (exact) mass is 316 g/mol. The van der Waals surface area contributed by atoms with Gasteiger partial charge >= 0.3 is 0 Å². The third kappa shape index (κ3) is 4.78. The lowest BCUT2D eigenvalue weighted by atomic mass is 10.3. The van der Waals surface area contributed by atoms with E-state index in [-0.39, 0.29) is 19.0 Å². The zero-order valence-electron chi connectivity index (χ0n) is 12.3. The van der Waals surface area contributed by atoms with Gasteiger partial charge in [0.25, 0.3) is 0 Å². The van der Waals surface area contributed by atoms with Crippen LogP contribution < -0.4 is 5.32 Å². The molecular weight excluding hydrogens is 295 g/mol. The molecule has 7 heteroatoms. The van der Waals surface area contributed by atoms with Crippen molar-refractivity contribution in [1.82, 2.24) is 9.62 Å². The lowest BCUT2D eigenvalue weighted by molar-refractivity contribution is -0.121. The Morgan fingerprint density at radius 1 is 1.24 bits per heavy atom. The Morgan fingerprint density at radius 3 is 2.48 bits per heavy atom. The first kappa shape index (κ1) is 17.6. The second-order valence-electron chi connectivity index (χ2n) is 4.62. The van der Waals surface area contributed by atoms with Crippen LogP contribution in [-0.4, -0.2) is 38.3 Å². The summed E-state index contributed by atoms with van der Waals surface area (Å²) in [6, 6.07) is 5.18. The lowest BCUT2D eigenvalue weighted by Crippen LogP contribution is -2.41. The molecular formula is C14H21FN2O3S. The van der Waals surface area contributed by atoms with Gasteiger partial charge in [-0.1, -0.05) is 26.0 Å². The standard InChI is InChI=1S/C14H21FN2O3S/c1-3-9-16-14(18)11-17(10-4-2)21(19,20)13-8-6-5-7-12(13)15/h5-8H,3-4,9-11H2,1-2H3,(H,16,18). The maximum Gasteiger partial charge on any atom is 0.246 e. The van der Waals surface area contributed by atoms with Crippen molar-refractivity contribution < 1.29 is 17.6 Å². The van der Waals surface area contributed by atoms with Crippen LogP contribution in [0.5, 0.6) is 0 Å². The predicted molar refractivity (Wildman–Crippen MR) is 78.8 cm³/mol. The third-order valence-corrected chi connectivity index (χ3v) is 4.70. The molecule has 0 saturated heterocycles. The van der Waals surface area contributed by atoms with Crippen molar-refractivity contribution in [2.45, 2.75) is 31.6 Å². The molecule has 0 aliphatic rings. The highest BCUT2D eigenvalue weighted by molar-refractivity contribution is 7.89. The van der Waals surface area contributed by atoms with Crippen molar-refractivity contribution in [1.29, 1.82) is 0 Å². The van der Waals surface area contributed by atoms with Crippen molar-refractivity contribution in [3.05, 3.63) is 30.1 Å². The third-order valence-electron chi connectivity index (χ3n) is 2.82. The van der Waals surface area contributed by atoms with Crippen LogP contribution in [0.1, 0.15) is 26.7 Å². The second kappa shape index (κ2) is 8.09. The van der Waals surface area contributed by atoms with E-state index in [1.807, 2.05) is 6.92 Å². The quantitative estimate of drug-likeness (QED) is 0.794. The van der Waals surface area contributed by atoms with E-state index in [2.05, 4.69) is 5.32 Å². The molecule has 0 aromatic heterocycles. The summed E-state index contributed by atoms with van der Waals surface area (Å²) in [4.78, 5) is 11.3. The number of amides is 1. The molecule has 1 aromatic rings. The summed E-state index contributed by atoms with van der Waals surface area (Å²) in [6.07, 6.45) is 1.30. The van der Waals surface area contributed by atoms with Crippen LogP contribution in [0.3, 0.4) is 0 Å². The summed E-state index contributed by atoms with van der Waals surface area (Å²) in [5, 5.41) is 2.62. The van der Waals surface area contributed by atoms with Crippen molar-refractivity contribution in [3.63, 3.8) is 0 Å². The summed E-state index contributed by atoms with van der Waals surface area (Å²) in [6.45, 7) is 4.05. The first-order chi connectivity index (χ1) is 9.93. The van der Waals surface area contributed by atoms with Gasteiger partial charge in [-0.3, -0.25) is 4.79 Å². The molecule has 0 atom stereocenters. The fraction of sp³-hybridized carbons (Fsp3) is 0.500. The molecule has 1 N–H and O–H groups in total. The van der Waals surface area contributed by atoms with E-state index in [1.54, 1.807) is 6.92 Å². The minimum absolute atomic E-state index is 0.163. The number of halogens is 1. The number of carbonyl (C=O) groups is 1. The molecule has 0 aliphatic heterocycles. The van der Waals surface area contributed by atoms with Gasteiger partial charge in [0.15, 0.2) is 0 Å². The highest BCUT2D eigenvalue weighted by Crippen LogP contribution is 2.19. The Bertz CT molecular complexity index is 575. The average Bonchev–Trinajstić information content (AvgIpc) is 2.45. The summed E-state index contributed by atoms with van der Waals surface area (Å²) in [7, 11) is -4.02. The molecule has 21 heavy (non-hydrogen) atoms. The molecule has 0 spiro atoms. The van der Waals surface area contributed by atoms with Gasteiger partial charge < -0.3 is 5.32 Å². The van der Waals surface area contributed by atoms with Gasteiger partial charge in [0.2, 0.25) is 15.9 Å². The topological polar surface area (TPSA) is 66.5 Å². The summed E-state index contributed by atoms with van der Waals surface area (Å²) in [5.41, 5.74) is 0. The smallest absolute Gasteiger partial charge is 0.246 e. The van der Waals surface area contributed by atoms with E-state index in [1.165, 1.54) is 18.2 Å². The fourth-order valence-electron chi connectivity index (χ4n) is 1.81. The highest BCUT2D eigenvalue weighted by atomic mass is 32.2. The zero-order chi connectivity index (χ0) is 15.9. The second-order valence-corrected chi connectivity index (χ2v) is 6.53. The van der Waals surface area contributed by atoms with Gasteiger partial charge in [-0.25, -0.2) is 12.8 Å². The van der Waals surface area contributed by atoms with Crippen molar-refractivity contribution in [2.75, 3.05) is 19.6 Å². The Kier molecular flexibility index (Phi) is 6.77. The van der Waals surface area contributed by atoms with Crippen molar-refractivity contribution in [3.8, 4) is 0 Å². The average molecular weight is 316 g/mol. The molecule has 0 aliphatic carbocycles. The van der Waals surface area contributed by atoms with E-state index in [0.717, 1.165) is 16.8 Å². The molecule has 0 bridgehead atoms. The van der Waals surface area contributed by atoms with Crippen LogP contribution in [0.25, 0.3) is 0 Å². The minimum Gasteiger partial charge on any atom is -0.355 e. The number of benzene rings is 1. The minimum atomic E-state index is -4.02. The zero-order valence-corrected chi connectivity index (χ0v) is 13.1. The Hall–Kier alpha value is -1.47. The molecule has 0 fully saturated rings. The number of hydrogen-bond donors (Lipinski definition) is 1. The van der Waals surface area contributed by atoms with Crippen LogP contribution >= 0.6 is 0 Å². The lowest BCUT2D eigenvalue weighted by Gasteiger charge is -2.21. The van der Waals surface area contributed by atoms with Crippen LogP contribution in [0.2, 0.25) is 0 Å². The van der Waals surface area contributed by atoms with Crippen molar-refractivity contribution >= 4 is 15.9 Å². The number of hydrogen-bond acceptors (Lipinski definition) is 3. The largest absolute Gasteiger partial charge is 0.355 e. The summed E-state index contributed by atoms with van der Waals surface area (Å²) in [5.74, 6) is -1.20. The van der Waals surface area contributed by atoms with Crippen LogP contribution in [0.15, 0.2) is 29.2 Å². The van der Waals surface area contributed by atoms with E-state index in [4.69, 9.17) is 0 Å². The molecule has 0 heterocycles. The van der Waals surface area contributed by atoms with E-state index in [9.17, 15) is 17.6 Å². The Morgan fingerprint density at radius 2 is 1.90 bits per heavy atom. The summed E-state index contributed by atoms with van der Waals surface area (Å²) < 4.78 is 39.6. The highest BCUT2D eigenvalue weighted by Gasteiger charge is 2.28. The van der Waals surface area contributed by atoms with Crippen LogP contribution in [0.4, 0.5) is 4.39 Å². The molecule has 0 saturated carbocycles. The fourth-order valence-corrected chi connectivity index (χ4v) is 3.36. The first-order valence-corrected chi connectivity index (χ1v) is 8.38. The molecule has 1 aromatic carbocycles. The maximum absolute atomic E-state index is 13.7. The molecule has 1 amide bonds.